The lowest BCUT2D eigenvalue weighted by Gasteiger charge is -2.16. The Morgan fingerprint density at radius 2 is 2.00 bits per heavy atom. The molecule has 0 amide bonds. The third-order valence-electron chi connectivity index (χ3n) is 1.91. The second-order valence-electron chi connectivity index (χ2n) is 2.64. The van der Waals surface area contributed by atoms with Gasteiger partial charge in [0, 0.05) is 18.8 Å². The highest BCUT2D eigenvalue weighted by molar-refractivity contribution is 5.65. The number of hydrogen-bond acceptors (Lipinski definition) is 2. The van der Waals surface area contributed by atoms with Gasteiger partial charge in [0.1, 0.15) is 6.29 Å². The Morgan fingerprint density at radius 1 is 1.40 bits per heavy atom. The minimum absolute atomic E-state index is 0.855. The summed E-state index contributed by atoms with van der Waals surface area (Å²) >= 11 is 0. The largest absolute Gasteiger partial charge is 0.375 e. The van der Waals surface area contributed by atoms with E-state index in [9.17, 15) is 4.79 Å². The van der Waals surface area contributed by atoms with Gasteiger partial charge >= 0.3 is 0 Å². The highest BCUT2D eigenvalue weighted by Crippen LogP contribution is 2.12. The molecule has 1 heterocycles. The van der Waals surface area contributed by atoms with E-state index in [1.54, 1.807) is 6.08 Å². The average Bonchev–Trinajstić information content (AvgIpc) is 2.38. The molecule has 0 spiro atoms. The molecule has 10 heavy (non-hydrogen) atoms. The zero-order valence-electron chi connectivity index (χ0n) is 6.34. The standard InChI is InChI=1S/C8H13NO/c1-8(4-7-10)9-5-2-3-6-9/h4,7H,2-3,5-6H2,1H3/b8-4+. The lowest BCUT2D eigenvalue weighted by atomic mass is 10.4. The molecule has 0 atom stereocenters. The van der Waals surface area contributed by atoms with Crippen molar-refractivity contribution in [1.82, 2.24) is 4.90 Å². The number of hydrogen-bond donors (Lipinski definition) is 0. The van der Waals surface area contributed by atoms with Crippen LogP contribution in [0.15, 0.2) is 11.8 Å². The summed E-state index contributed by atoms with van der Waals surface area (Å²) in [5.41, 5.74) is 1.10. The van der Waals surface area contributed by atoms with Crippen LogP contribution in [-0.2, 0) is 4.79 Å². The fourth-order valence-electron chi connectivity index (χ4n) is 1.27. The molecule has 2 heteroatoms. The van der Waals surface area contributed by atoms with Gasteiger partial charge in [0.2, 0.25) is 0 Å². The van der Waals surface area contributed by atoms with Crippen LogP contribution in [-0.4, -0.2) is 24.3 Å². The Hall–Kier alpha value is -0.790. The fourth-order valence-corrected chi connectivity index (χ4v) is 1.27. The second kappa shape index (κ2) is 3.40. The minimum atomic E-state index is 0.855. The van der Waals surface area contributed by atoms with Gasteiger partial charge in [0.05, 0.1) is 0 Å². The lowest BCUT2D eigenvalue weighted by Crippen LogP contribution is -2.16. The third kappa shape index (κ3) is 1.59. The Labute approximate surface area is 61.5 Å². The van der Waals surface area contributed by atoms with Gasteiger partial charge in [0.25, 0.3) is 0 Å². The maximum absolute atomic E-state index is 10.1. The Morgan fingerprint density at radius 3 is 2.50 bits per heavy atom. The Kier molecular flexibility index (Phi) is 2.49. The van der Waals surface area contributed by atoms with Crippen LogP contribution in [0.2, 0.25) is 0 Å². The van der Waals surface area contributed by atoms with Crippen LogP contribution in [0.3, 0.4) is 0 Å². The summed E-state index contributed by atoms with van der Waals surface area (Å²) in [7, 11) is 0. The maximum Gasteiger partial charge on any atom is 0.144 e. The van der Waals surface area contributed by atoms with E-state index in [1.807, 2.05) is 6.92 Å². The Bertz CT molecular complexity index is 145. The molecular formula is C8H13NO. The van der Waals surface area contributed by atoms with Gasteiger partial charge in [0.15, 0.2) is 0 Å². The van der Waals surface area contributed by atoms with Crippen LogP contribution >= 0.6 is 0 Å². The number of carbonyl (C=O) groups excluding carboxylic acids is 1. The highest BCUT2D eigenvalue weighted by atomic mass is 16.1. The van der Waals surface area contributed by atoms with Gasteiger partial charge in [-0.25, -0.2) is 0 Å². The van der Waals surface area contributed by atoms with Crippen molar-refractivity contribution in [3.8, 4) is 0 Å². The summed E-state index contributed by atoms with van der Waals surface area (Å²) in [4.78, 5) is 12.3. The number of aldehydes is 1. The molecule has 1 aliphatic rings. The summed E-state index contributed by atoms with van der Waals surface area (Å²) in [5, 5.41) is 0. The van der Waals surface area contributed by atoms with Crippen molar-refractivity contribution in [1.29, 1.82) is 0 Å². The molecule has 56 valence electrons. The van der Waals surface area contributed by atoms with E-state index in [4.69, 9.17) is 0 Å². The molecule has 0 aromatic rings. The van der Waals surface area contributed by atoms with E-state index >= 15 is 0 Å². The lowest BCUT2D eigenvalue weighted by molar-refractivity contribution is -0.104. The number of nitrogens with zero attached hydrogens (tertiary/aromatic N) is 1. The summed E-state index contributed by atoms with van der Waals surface area (Å²) < 4.78 is 0. The van der Waals surface area contributed by atoms with E-state index in [0.717, 1.165) is 25.1 Å². The number of likely N-dealkylation sites (tertiary alicyclic amines) is 1. The van der Waals surface area contributed by atoms with Gasteiger partial charge in [-0.1, -0.05) is 0 Å². The van der Waals surface area contributed by atoms with Gasteiger partial charge in [-0.2, -0.15) is 0 Å². The molecular weight excluding hydrogens is 126 g/mol. The molecule has 0 saturated carbocycles. The first-order valence-electron chi connectivity index (χ1n) is 3.71. The van der Waals surface area contributed by atoms with Crippen LogP contribution < -0.4 is 0 Å². The third-order valence-corrected chi connectivity index (χ3v) is 1.91. The molecule has 1 fully saturated rings. The monoisotopic (exact) mass is 139 g/mol. The smallest absolute Gasteiger partial charge is 0.144 e. The molecule has 1 saturated heterocycles. The topological polar surface area (TPSA) is 20.3 Å². The predicted octanol–water partition coefficient (Wildman–Crippen LogP) is 1.18. The zero-order valence-corrected chi connectivity index (χ0v) is 6.34. The van der Waals surface area contributed by atoms with E-state index in [0.29, 0.717) is 0 Å². The molecule has 0 unspecified atom stereocenters. The minimum Gasteiger partial charge on any atom is -0.375 e. The zero-order chi connectivity index (χ0) is 7.40. The molecule has 0 N–H and O–H groups in total. The first-order valence-corrected chi connectivity index (χ1v) is 3.71. The van der Waals surface area contributed by atoms with Crippen LogP contribution in [0.1, 0.15) is 19.8 Å². The molecule has 0 aliphatic carbocycles. The van der Waals surface area contributed by atoms with E-state index in [2.05, 4.69) is 4.90 Å². The molecule has 0 aromatic carbocycles. The first-order chi connectivity index (χ1) is 4.84. The van der Waals surface area contributed by atoms with Crippen LogP contribution in [0.5, 0.6) is 0 Å². The van der Waals surface area contributed by atoms with Crippen molar-refractivity contribution >= 4 is 6.29 Å². The molecule has 1 rings (SSSR count). The van der Waals surface area contributed by atoms with E-state index < -0.39 is 0 Å². The maximum atomic E-state index is 10.1. The highest BCUT2D eigenvalue weighted by Gasteiger charge is 2.10. The fraction of sp³-hybridized carbons (Fsp3) is 0.625. The van der Waals surface area contributed by atoms with Crippen molar-refractivity contribution in [3.63, 3.8) is 0 Å². The van der Waals surface area contributed by atoms with Crippen molar-refractivity contribution in [3.05, 3.63) is 11.8 Å². The van der Waals surface area contributed by atoms with Crippen LogP contribution in [0.25, 0.3) is 0 Å². The van der Waals surface area contributed by atoms with Crippen LogP contribution in [0, 0.1) is 0 Å². The number of rotatable bonds is 2. The summed E-state index contributed by atoms with van der Waals surface area (Å²) in [6, 6.07) is 0. The molecule has 2 nitrogen and oxygen atoms in total. The molecule has 0 radical (unpaired) electrons. The Balaban J connectivity index is 2.46. The summed E-state index contributed by atoms with van der Waals surface area (Å²) in [6.07, 6.45) is 5.02. The average molecular weight is 139 g/mol. The van der Waals surface area contributed by atoms with Crippen LogP contribution in [0.4, 0.5) is 0 Å². The van der Waals surface area contributed by atoms with Crippen molar-refractivity contribution in [2.24, 2.45) is 0 Å². The predicted molar refractivity (Wildman–Crippen MR) is 40.6 cm³/mol. The molecule has 0 bridgehead atoms. The normalized spacial score (nSPS) is 19.7. The first kappa shape index (κ1) is 7.32. The quantitative estimate of drug-likeness (QED) is 0.423. The SMILES string of the molecule is C/C(=C\C=O)N1CCCC1. The van der Waals surface area contributed by atoms with E-state index in [1.165, 1.54) is 12.8 Å². The van der Waals surface area contributed by atoms with Gasteiger partial charge in [-0.15, -0.1) is 0 Å². The summed E-state index contributed by atoms with van der Waals surface area (Å²) in [5.74, 6) is 0. The second-order valence-corrected chi connectivity index (χ2v) is 2.64. The van der Waals surface area contributed by atoms with Crippen molar-refractivity contribution in [2.45, 2.75) is 19.8 Å². The van der Waals surface area contributed by atoms with Crippen molar-refractivity contribution < 1.29 is 4.79 Å². The van der Waals surface area contributed by atoms with Gasteiger partial charge < -0.3 is 4.90 Å². The van der Waals surface area contributed by atoms with Gasteiger partial charge in [-0.3, -0.25) is 4.79 Å². The van der Waals surface area contributed by atoms with Crippen molar-refractivity contribution in [2.75, 3.05) is 13.1 Å². The number of carbonyl (C=O) groups is 1. The van der Waals surface area contributed by atoms with Gasteiger partial charge in [-0.05, 0) is 25.8 Å². The van der Waals surface area contributed by atoms with E-state index in [-0.39, 0.29) is 0 Å². The number of allylic oxidation sites excluding steroid dienone is 2. The summed E-state index contributed by atoms with van der Waals surface area (Å²) in [6.45, 7) is 4.23. The molecule has 1 aliphatic heterocycles. The molecule has 0 aromatic heterocycles.